The number of alkyl halides is 6. The summed E-state index contributed by atoms with van der Waals surface area (Å²) in [5, 5.41) is 9.36. The van der Waals surface area contributed by atoms with Crippen LogP contribution in [0, 0.1) is 0 Å². The Kier molecular flexibility index (Phi) is 4.54. The van der Waals surface area contributed by atoms with Gasteiger partial charge >= 0.3 is 18.5 Å². The van der Waals surface area contributed by atoms with Gasteiger partial charge in [0.2, 0.25) is 5.88 Å². The molecule has 0 amide bonds. The molecule has 0 aliphatic carbocycles. The van der Waals surface area contributed by atoms with E-state index < -0.39 is 47.8 Å². The second-order valence-electron chi connectivity index (χ2n) is 3.62. The van der Waals surface area contributed by atoms with Crippen molar-refractivity contribution in [2.24, 2.45) is 0 Å². The van der Waals surface area contributed by atoms with Crippen molar-refractivity contribution >= 4 is 5.97 Å². The van der Waals surface area contributed by atoms with Gasteiger partial charge in [0.05, 0.1) is 13.5 Å². The molecule has 1 heterocycles. The summed E-state index contributed by atoms with van der Waals surface area (Å²) in [7, 11) is 0.915. The van der Waals surface area contributed by atoms with Gasteiger partial charge in [-0.05, 0) is 0 Å². The minimum absolute atomic E-state index is 0.370. The number of hydrogen-bond acceptors (Lipinski definition) is 5. The van der Waals surface area contributed by atoms with Crippen molar-refractivity contribution in [3.05, 3.63) is 17.3 Å². The van der Waals surface area contributed by atoms with E-state index in [4.69, 9.17) is 0 Å². The second-order valence-corrected chi connectivity index (χ2v) is 3.62. The molecule has 0 fully saturated rings. The van der Waals surface area contributed by atoms with Crippen LogP contribution >= 0.6 is 0 Å². The summed E-state index contributed by atoms with van der Waals surface area (Å²) in [6.07, 6.45) is -11.4. The van der Waals surface area contributed by atoms with Crippen LogP contribution in [-0.4, -0.2) is 29.5 Å². The van der Waals surface area contributed by atoms with Gasteiger partial charge in [0.25, 0.3) is 0 Å². The largest absolute Gasteiger partial charge is 0.574 e. The van der Waals surface area contributed by atoms with E-state index in [1.54, 1.807) is 0 Å². The fourth-order valence-corrected chi connectivity index (χ4v) is 1.30. The first-order valence-corrected chi connectivity index (χ1v) is 5.06. The number of nitrogens with zero attached hydrogens (tertiary/aromatic N) is 1. The van der Waals surface area contributed by atoms with E-state index in [1.807, 2.05) is 0 Å². The molecule has 0 aliphatic heterocycles. The Balaban J connectivity index is 3.35. The number of rotatable bonds is 3. The molecule has 118 valence electrons. The number of aromatic nitrogens is 1. The van der Waals surface area contributed by atoms with Crippen molar-refractivity contribution in [1.29, 1.82) is 0 Å². The summed E-state index contributed by atoms with van der Waals surface area (Å²) in [5.41, 5.74) is -2.76. The van der Waals surface area contributed by atoms with Crippen molar-refractivity contribution < 1.29 is 45.7 Å². The highest BCUT2D eigenvalue weighted by Crippen LogP contribution is 2.38. The van der Waals surface area contributed by atoms with Crippen molar-refractivity contribution in [2.45, 2.75) is 19.0 Å². The topological polar surface area (TPSA) is 68.7 Å². The van der Waals surface area contributed by atoms with E-state index in [9.17, 15) is 36.2 Å². The minimum atomic E-state index is -5.28. The maximum atomic E-state index is 12.6. The average molecular weight is 319 g/mol. The molecule has 1 N–H and O–H groups in total. The highest BCUT2D eigenvalue weighted by molar-refractivity contribution is 5.73. The molecule has 0 radical (unpaired) electrons. The standard InChI is InChI=1S/C10H7F6NO4/c1-20-6(18)3-4-2-5(21-10(14,15)16)17-8(7(4)19)9(11,12)13/h2,19H,3H2,1H3. The van der Waals surface area contributed by atoms with Crippen LogP contribution in [0.5, 0.6) is 11.6 Å². The number of methoxy groups -OCH3 is 1. The lowest BCUT2D eigenvalue weighted by atomic mass is 10.1. The molecule has 0 saturated heterocycles. The predicted molar refractivity (Wildman–Crippen MR) is 53.3 cm³/mol. The fourth-order valence-electron chi connectivity index (χ4n) is 1.30. The smallest absolute Gasteiger partial charge is 0.505 e. The molecule has 11 heteroatoms. The molecule has 0 saturated carbocycles. The molecule has 1 aromatic heterocycles. The molecule has 0 unspecified atom stereocenters. The highest BCUT2D eigenvalue weighted by Gasteiger charge is 2.40. The van der Waals surface area contributed by atoms with Crippen LogP contribution in [0.1, 0.15) is 11.3 Å². The Bertz CT molecular complexity index is 540. The zero-order valence-electron chi connectivity index (χ0n) is 10.2. The number of aromatic hydroxyl groups is 1. The van der Waals surface area contributed by atoms with E-state index in [2.05, 4.69) is 14.5 Å². The molecule has 0 aliphatic rings. The highest BCUT2D eigenvalue weighted by atomic mass is 19.4. The lowest BCUT2D eigenvalue weighted by Gasteiger charge is -2.14. The number of ether oxygens (including phenoxy) is 2. The Morgan fingerprint density at radius 1 is 1.29 bits per heavy atom. The van der Waals surface area contributed by atoms with Crippen LogP contribution in [0.2, 0.25) is 0 Å². The van der Waals surface area contributed by atoms with E-state index in [0.29, 0.717) is 6.07 Å². The molecule has 1 aromatic rings. The van der Waals surface area contributed by atoms with Crippen LogP contribution in [0.25, 0.3) is 0 Å². The number of halogens is 6. The van der Waals surface area contributed by atoms with Gasteiger partial charge in [0.15, 0.2) is 5.69 Å². The number of carbonyl (C=O) groups is 1. The first kappa shape index (κ1) is 16.9. The second kappa shape index (κ2) is 5.66. The Morgan fingerprint density at radius 3 is 2.29 bits per heavy atom. The van der Waals surface area contributed by atoms with E-state index >= 15 is 0 Å². The zero-order valence-corrected chi connectivity index (χ0v) is 10.2. The quantitative estimate of drug-likeness (QED) is 0.684. The van der Waals surface area contributed by atoms with E-state index in [-0.39, 0.29) is 0 Å². The van der Waals surface area contributed by atoms with Gasteiger partial charge in [-0.1, -0.05) is 0 Å². The average Bonchev–Trinajstić information content (AvgIpc) is 2.29. The predicted octanol–water partition coefficient (Wildman–Crippen LogP) is 2.42. The van der Waals surface area contributed by atoms with Gasteiger partial charge in [-0.2, -0.15) is 13.2 Å². The zero-order chi connectivity index (χ0) is 16.4. The normalized spacial score (nSPS) is 12.1. The van der Waals surface area contributed by atoms with Crippen molar-refractivity contribution in [2.75, 3.05) is 7.11 Å². The molecule has 0 bridgehead atoms. The monoisotopic (exact) mass is 319 g/mol. The molecule has 0 spiro atoms. The first-order chi connectivity index (χ1) is 9.44. The third kappa shape index (κ3) is 4.68. The number of esters is 1. The van der Waals surface area contributed by atoms with E-state index in [0.717, 1.165) is 7.11 Å². The van der Waals surface area contributed by atoms with Crippen LogP contribution in [-0.2, 0) is 22.1 Å². The van der Waals surface area contributed by atoms with Gasteiger partial charge in [0, 0.05) is 11.6 Å². The minimum Gasteiger partial charge on any atom is -0.505 e. The maximum Gasteiger partial charge on any atom is 0.574 e. The van der Waals surface area contributed by atoms with Gasteiger partial charge in [-0.25, -0.2) is 4.98 Å². The molecule has 21 heavy (non-hydrogen) atoms. The summed E-state index contributed by atoms with van der Waals surface area (Å²) in [6, 6.07) is 0.370. The lowest BCUT2D eigenvalue weighted by Crippen LogP contribution is -2.20. The van der Waals surface area contributed by atoms with Crippen LogP contribution in [0.4, 0.5) is 26.3 Å². The maximum absolute atomic E-state index is 12.6. The number of carbonyl (C=O) groups excluding carboxylic acids is 1. The van der Waals surface area contributed by atoms with Gasteiger partial charge in [-0.3, -0.25) is 4.79 Å². The molecule has 5 nitrogen and oxygen atoms in total. The summed E-state index contributed by atoms with van der Waals surface area (Å²) >= 11 is 0. The summed E-state index contributed by atoms with van der Waals surface area (Å²) in [4.78, 5) is 13.5. The fraction of sp³-hybridized carbons (Fsp3) is 0.400. The molecule has 1 rings (SSSR count). The number of hydrogen-bond donors (Lipinski definition) is 1. The molecule has 0 aromatic carbocycles. The number of pyridine rings is 1. The van der Waals surface area contributed by atoms with Gasteiger partial charge in [0.1, 0.15) is 5.75 Å². The summed E-state index contributed by atoms with van der Waals surface area (Å²) < 4.78 is 81.3. The van der Waals surface area contributed by atoms with Crippen LogP contribution in [0.15, 0.2) is 6.07 Å². The summed E-state index contributed by atoms with van der Waals surface area (Å²) in [5.74, 6) is -3.99. The molecule has 0 atom stereocenters. The third-order valence-corrected chi connectivity index (χ3v) is 2.10. The van der Waals surface area contributed by atoms with Crippen LogP contribution in [0.3, 0.4) is 0 Å². The Morgan fingerprint density at radius 2 is 1.86 bits per heavy atom. The SMILES string of the molecule is COC(=O)Cc1cc(OC(F)(F)F)nc(C(F)(F)F)c1O. The Labute approximate surface area is 113 Å². The molecular formula is C10H7F6NO4. The first-order valence-electron chi connectivity index (χ1n) is 5.06. The van der Waals surface area contributed by atoms with Crippen LogP contribution < -0.4 is 4.74 Å². The lowest BCUT2D eigenvalue weighted by molar-refractivity contribution is -0.276. The Hall–Kier alpha value is -2.20. The summed E-state index contributed by atoms with van der Waals surface area (Å²) in [6.45, 7) is 0. The van der Waals surface area contributed by atoms with Crippen molar-refractivity contribution in [3.8, 4) is 11.6 Å². The van der Waals surface area contributed by atoms with Gasteiger partial charge < -0.3 is 14.6 Å². The van der Waals surface area contributed by atoms with Crippen molar-refractivity contribution in [3.63, 3.8) is 0 Å². The van der Waals surface area contributed by atoms with Crippen molar-refractivity contribution in [1.82, 2.24) is 4.98 Å². The van der Waals surface area contributed by atoms with E-state index in [1.165, 1.54) is 0 Å². The third-order valence-electron chi connectivity index (χ3n) is 2.10. The molecular weight excluding hydrogens is 312 g/mol. The van der Waals surface area contributed by atoms with Gasteiger partial charge in [-0.15, -0.1) is 13.2 Å².